The molecule has 0 saturated heterocycles. The number of fused-ring (bicyclic) bond motifs is 1. The van der Waals surface area contributed by atoms with Crippen molar-refractivity contribution in [3.8, 4) is 5.75 Å². The van der Waals surface area contributed by atoms with Crippen molar-refractivity contribution in [3.05, 3.63) is 65.2 Å². The molecule has 1 heterocycles. The summed E-state index contributed by atoms with van der Waals surface area (Å²) in [5.74, 6) is 0.680. The fraction of sp³-hybridized carbons (Fsp3) is 0.364. The van der Waals surface area contributed by atoms with Crippen molar-refractivity contribution < 1.29 is 14.3 Å². The summed E-state index contributed by atoms with van der Waals surface area (Å²) in [5.41, 5.74) is 2.68. The highest BCUT2D eigenvalue weighted by Gasteiger charge is 2.38. The van der Waals surface area contributed by atoms with E-state index in [0.29, 0.717) is 18.7 Å². The third-order valence-corrected chi connectivity index (χ3v) is 5.26. The van der Waals surface area contributed by atoms with E-state index in [4.69, 9.17) is 4.74 Å². The van der Waals surface area contributed by atoms with Gasteiger partial charge in [-0.3, -0.25) is 9.59 Å². The summed E-state index contributed by atoms with van der Waals surface area (Å²) in [6.45, 7) is 4.97. The Morgan fingerprint density at radius 3 is 2.52 bits per heavy atom. The fourth-order valence-corrected chi connectivity index (χ4v) is 3.47. The van der Waals surface area contributed by atoms with Crippen LogP contribution in [0.3, 0.4) is 0 Å². The molecule has 0 fully saturated rings. The Labute approximate surface area is 160 Å². The van der Waals surface area contributed by atoms with E-state index >= 15 is 0 Å². The van der Waals surface area contributed by atoms with Crippen molar-refractivity contribution in [1.82, 2.24) is 10.2 Å². The standard InChI is InChI=1S/C22H26N2O3/c1-4-15(2)20(24-14-17-7-5-6-8-19(17)22(24)26)21(25)23-13-16-9-11-18(27-3)12-10-16/h5-12,15,20H,4,13-14H2,1-3H3,(H,23,25)/t15-,20-/m1/s1. The van der Waals surface area contributed by atoms with Crippen molar-refractivity contribution in [2.75, 3.05) is 7.11 Å². The van der Waals surface area contributed by atoms with Crippen LogP contribution in [0, 0.1) is 5.92 Å². The van der Waals surface area contributed by atoms with Gasteiger partial charge in [-0.15, -0.1) is 0 Å². The fourth-order valence-electron chi connectivity index (χ4n) is 3.47. The lowest BCUT2D eigenvalue weighted by Gasteiger charge is -2.31. The number of hydrogen-bond donors (Lipinski definition) is 1. The Kier molecular flexibility index (Phi) is 5.79. The Bertz CT molecular complexity index is 817. The summed E-state index contributed by atoms with van der Waals surface area (Å²) in [6, 6.07) is 14.7. The number of benzene rings is 2. The second-order valence-electron chi connectivity index (χ2n) is 6.99. The number of carbonyl (C=O) groups excluding carboxylic acids is 2. The zero-order valence-corrected chi connectivity index (χ0v) is 16.1. The molecule has 27 heavy (non-hydrogen) atoms. The lowest BCUT2D eigenvalue weighted by molar-refractivity contribution is -0.127. The van der Waals surface area contributed by atoms with E-state index in [2.05, 4.69) is 5.32 Å². The molecule has 2 atom stereocenters. The number of carbonyl (C=O) groups is 2. The highest BCUT2D eigenvalue weighted by atomic mass is 16.5. The molecule has 0 aliphatic carbocycles. The predicted molar refractivity (Wildman–Crippen MR) is 104 cm³/mol. The predicted octanol–water partition coefficient (Wildman–Crippen LogP) is 3.38. The molecule has 2 aromatic rings. The van der Waals surface area contributed by atoms with E-state index in [1.54, 1.807) is 12.0 Å². The topological polar surface area (TPSA) is 58.6 Å². The van der Waals surface area contributed by atoms with Crippen LogP contribution in [0.1, 0.15) is 41.8 Å². The number of rotatable bonds is 7. The van der Waals surface area contributed by atoms with Gasteiger partial charge in [0.2, 0.25) is 5.91 Å². The molecule has 0 bridgehead atoms. The van der Waals surface area contributed by atoms with Crippen LogP contribution in [0.4, 0.5) is 0 Å². The van der Waals surface area contributed by atoms with Gasteiger partial charge in [0.05, 0.1) is 7.11 Å². The van der Waals surface area contributed by atoms with Gasteiger partial charge in [-0.25, -0.2) is 0 Å². The lowest BCUT2D eigenvalue weighted by atomic mass is 9.96. The van der Waals surface area contributed by atoms with Crippen LogP contribution in [0.15, 0.2) is 48.5 Å². The van der Waals surface area contributed by atoms with Crippen LogP contribution < -0.4 is 10.1 Å². The van der Waals surface area contributed by atoms with Crippen LogP contribution in [-0.4, -0.2) is 29.9 Å². The number of nitrogens with one attached hydrogen (secondary N) is 1. The summed E-state index contributed by atoms with van der Waals surface area (Å²) in [5, 5.41) is 3.00. The number of hydrogen-bond acceptors (Lipinski definition) is 3. The Hall–Kier alpha value is -2.82. The average Bonchev–Trinajstić information content (AvgIpc) is 3.03. The first-order chi connectivity index (χ1) is 13.0. The minimum atomic E-state index is -0.479. The van der Waals surface area contributed by atoms with Gasteiger partial charge in [0.15, 0.2) is 0 Å². The van der Waals surface area contributed by atoms with Crippen LogP contribution in [0.2, 0.25) is 0 Å². The molecule has 1 aliphatic heterocycles. The molecule has 3 rings (SSSR count). The SMILES string of the molecule is CC[C@@H](C)[C@H](C(=O)NCc1ccc(OC)cc1)N1Cc2ccccc2C1=O. The number of ether oxygens (including phenoxy) is 1. The first kappa shape index (κ1) is 19.0. The Morgan fingerprint density at radius 1 is 1.19 bits per heavy atom. The number of amides is 2. The molecule has 1 aliphatic rings. The third-order valence-electron chi connectivity index (χ3n) is 5.26. The van der Waals surface area contributed by atoms with Crippen molar-refractivity contribution in [2.45, 2.75) is 39.4 Å². The van der Waals surface area contributed by atoms with E-state index in [1.165, 1.54) is 0 Å². The molecule has 5 heteroatoms. The monoisotopic (exact) mass is 366 g/mol. The quantitative estimate of drug-likeness (QED) is 0.817. The molecule has 5 nitrogen and oxygen atoms in total. The summed E-state index contributed by atoms with van der Waals surface area (Å²) in [7, 11) is 1.62. The molecular weight excluding hydrogens is 340 g/mol. The molecule has 0 aromatic heterocycles. The first-order valence-electron chi connectivity index (χ1n) is 9.34. The van der Waals surface area contributed by atoms with Gasteiger partial charge in [0.25, 0.3) is 5.91 Å². The van der Waals surface area contributed by atoms with Gasteiger partial charge in [-0.1, -0.05) is 50.6 Å². The van der Waals surface area contributed by atoms with E-state index < -0.39 is 6.04 Å². The van der Waals surface area contributed by atoms with Crippen LogP contribution in [0.25, 0.3) is 0 Å². The van der Waals surface area contributed by atoms with Crippen LogP contribution in [0.5, 0.6) is 5.75 Å². The Balaban J connectivity index is 1.73. The minimum Gasteiger partial charge on any atom is -0.497 e. The van der Waals surface area contributed by atoms with Crippen molar-refractivity contribution in [1.29, 1.82) is 0 Å². The van der Waals surface area contributed by atoms with Gasteiger partial charge < -0.3 is 15.0 Å². The maximum atomic E-state index is 13.0. The molecule has 0 unspecified atom stereocenters. The zero-order valence-electron chi connectivity index (χ0n) is 16.1. The highest BCUT2D eigenvalue weighted by Crippen LogP contribution is 2.28. The molecule has 0 saturated carbocycles. The second-order valence-corrected chi connectivity index (χ2v) is 6.99. The van der Waals surface area contributed by atoms with Gasteiger partial charge in [-0.2, -0.15) is 0 Å². The second kappa shape index (κ2) is 8.25. The highest BCUT2D eigenvalue weighted by molar-refractivity contribution is 6.01. The summed E-state index contributed by atoms with van der Waals surface area (Å²) in [6.07, 6.45) is 0.820. The normalized spacial score (nSPS) is 15.2. The van der Waals surface area contributed by atoms with Gasteiger partial charge in [0, 0.05) is 18.7 Å². The lowest BCUT2D eigenvalue weighted by Crippen LogP contribution is -2.50. The molecule has 2 amide bonds. The van der Waals surface area contributed by atoms with E-state index in [0.717, 1.165) is 23.3 Å². The third kappa shape index (κ3) is 3.97. The van der Waals surface area contributed by atoms with Gasteiger partial charge in [-0.05, 0) is 35.2 Å². The van der Waals surface area contributed by atoms with E-state index in [9.17, 15) is 9.59 Å². The average molecular weight is 366 g/mol. The summed E-state index contributed by atoms with van der Waals surface area (Å²) >= 11 is 0. The van der Waals surface area contributed by atoms with E-state index in [-0.39, 0.29) is 17.7 Å². The summed E-state index contributed by atoms with van der Waals surface area (Å²) in [4.78, 5) is 27.5. The number of methoxy groups -OCH3 is 1. The van der Waals surface area contributed by atoms with Crippen LogP contribution >= 0.6 is 0 Å². The van der Waals surface area contributed by atoms with Crippen LogP contribution in [-0.2, 0) is 17.9 Å². The van der Waals surface area contributed by atoms with Crippen molar-refractivity contribution in [2.24, 2.45) is 5.92 Å². The van der Waals surface area contributed by atoms with Gasteiger partial charge in [0.1, 0.15) is 11.8 Å². The maximum Gasteiger partial charge on any atom is 0.255 e. The Morgan fingerprint density at radius 2 is 1.89 bits per heavy atom. The van der Waals surface area contributed by atoms with E-state index in [1.807, 2.05) is 62.4 Å². The summed E-state index contributed by atoms with van der Waals surface area (Å²) < 4.78 is 5.16. The maximum absolute atomic E-state index is 13.0. The van der Waals surface area contributed by atoms with Gasteiger partial charge >= 0.3 is 0 Å². The molecule has 142 valence electrons. The molecule has 0 radical (unpaired) electrons. The molecule has 1 N–H and O–H groups in total. The largest absolute Gasteiger partial charge is 0.497 e. The zero-order chi connectivity index (χ0) is 19.4. The minimum absolute atomic E-state index is 0.0597. The van der Waals surface area contributed by atoms with Crippen molar-refractivity contribution >= 4 is 11.8 Å². The number of nitrogens with zero attached hydrogens (tertiary/aromatic N) is 1. The first-order valence-corrected chi connectivity index (χ1v) is 9.34. The molecular formula is C22H26N2O3. The molecule has 2 aromatic carbocycles. The molecule has 0 spiro atoms. The van der Waals surface area contributed by atoms with Crippen molar-refractivity contribution in [3.63, 3.8) is 0 Å². The smallest absolute Gasteiger partial charge is 0.255 e.